The number of amides is 4. The van der Waals surface area contributed by atoms with Gasteiger partial charge in [-0.05, 0) is 38.5 Å². The molecule has 1 fully saturated rings. The number of carbonyl (C=O) groups excluding carboxylic acids is 4. The number of nitrogens with zero attached hydrogens (tertiary/aromatic N) is 12. The molecule has 5 aromatic heterocycles. The molecule has 6 N–H and O–H groups in total. The van der Waals surface area contributed by atoms with Crippen molar-refractivity contribution in [2.75, 3.05) is 50.1 Å². The van der Waals surface area contributed by atoms with Crippen molar-refractivity contribution in [3.8, 4) is 5.75 Å². The molecule has 0 atom stereocenters. The van der Waals surface area contributed by atoms with Gasteiger partial charge in [0.2, 0.25) is 35.4 Å². The largest absolute Gasteiger partial charge is 0.491 e. The number of allylic oxidation sites excluding steroid dienone is 2. The third kappa shape index (κ3) is 8.36. The Kier molecular flexibility index (Phi) is 11.7. The van der Waals surface area contributed by atoms with Crippen LogP contribution < -0.4 is 26.8 Å². The first-order valence-corrected chi connectivity index (χ1v) is 18.6. The zero-order valence-corrected chi connectivity index (χ0v) is 31.9. The van der Waals surface area contributed by atoms with E-state index in [4.69, 9.17) is 25.9 Å². The SMILES string of the molecule is CCn1cnnc1C(=O)Nc1nc2cc(C(N)=O)cnc2n1CC=CCn1c(NC(=O)c2nncn2CC)nc2cc(C(N)=O)cc(OCCCN3CCOCC3)c21. The molecule has 1 aromatic carbocycles. The van der Waals surface area contributed by atoms with E-state index in [2.05, 4.69) is 45.9 Å². The molecular formula is C36H42N16O6. The zero-order chi connectivity index (χ0) is 40.8. The summed E-state index contributed by atoms with van der Waals surface area (Å²) in [6.07, 6.45) is 8.57. The molecule has 7 rings (SSSR count). The first-order chi connectivity index (χ1) is 28.1. The van der Waals surface area contributed by atoms with Crippen molar-refractivity contribution >= 4 is 57.7 Å². The molecular weight excluding hydrogens is 753 g/mol. The second-order valence-electron chi connectivity index (χ2n) is 13.1. The normalized spacial score (nSPS) is 13.4. The number of imidazole rings is 2. The van der Waals surface area contributed by atoms with Crippen molar-refractivity contribution in [2.45, 2.75) is 46.4 Å². The molecule has 22 heteroatoms. The molecule has 302 valence electrons. The maximum atomic E-state index is 13.5. The number of hydrogen-bond acceptors (Lipinski definition) is 14. The Labute approximate surface area is 330 Å². The van der Waals surface area contributed by atoms with Crippen LogP contribution in [0.15, 0.2) is 49.2 Å². The smallest absolute Gasteiger partial charge is 0.295 e. The highest BCUT2D eigenvalue weighted by Crippen LogP contribution is 2.31. The summed E-state index contributed by atoms with van der Waals surface area (Å²) in [6.45, 7) is 9.11. The molecule has 0 spiro atoms. The fourth-order valence-electron chi connectivity index (χ4n) is 6.46. The molecule has 6 aromatic rings. The number of aromatic nitrogens is 11. The van der Waals surface area contributed by atoms with Crippen LogP contribution in [-0.4, -0.2) is 122 Å². The first-order valence-electron chi connectivity index (χ1n) is 18.6. The second kappa shape index (κ2) is 17.4. The van der Waals surface area contributed by atoms with E-state index in [9.17, 15) is 19.2 Å². The molecule has 0 bridgehead atoms. The Morgan fingerprint density at radius 1 is 0.810 bits per heavy atom. The Morgan fingerprint density at radius 3 is 2.02 bits per heavy atom. The van der Waals surface area contributed by atoms with Gasteiger partial charge >= 0.3 is 0 Å². The number of carbonyl (C=O) groups is 4. The number of hydrogen-bond donors (Lipinski definition) is 4. The highest BCUT2D eigenvalue weighted by molar-refractivity contribution is 6.04. The maximum absolute atomic E-state index is 13.5. The number of morpholine rings is 1. The van der Waals surface area contributed by atoms with Gasteiger partial charge in [-0.2, -0.15) is 0 Å². The molecule has 6 heterocycles. The fourth-order valence-corrected chi connectivity index (χ4v) is 6.46. The fraction of sp³-hybridized carbons (Fsp3) is 0.361. The van der Waals surface area contributed by atoms with Gasteiger partial charge in [-0.1, -0.05) is 12.2 Å². The molecule has 0 unspecified atom stereocenters. The van der Waals surface area contributed by atoms with Gasteiger partial charge in [-0.25, -0.2) is 15.0 Å². The van der Waals surface area contributed by atoms with Crippen LogP contribution in [0, 0.1) is 0 Å². The van der Waals surface area contributed by atoms with E-state index in [1.54, 1.807) is 36.5 Å². The van der Waals surface area contributed by atoms with Gasteiger partial charge in [0.1, 0.15) is 29.4 Å². The Balaban J connectivity index is 1.21. The lowest BCUT2D eigenvalue weighted by molar-refractivity contribution is 0.0358. The minimum absolute atomic E-state index is 0.0831. The van der Waals surface area contributed by atoms with Crippen LogP contribution in [0.2, 0.25) is 0 Å². The van der Waals surface area contributed by atoms with Gasteiger partial charge in [0, 0.05) is 57.6 Å². The number of benzene rings is 1. The molecule has 4 amide bonds. The highest BCUT2D eigenvalue weighted by atomic mass is 16.5. The molecule has 1 aliphatic rings. The number of rotatable bonds is 17. The van der Waals surface area contributed by atoms with Gasteiger partial charge < -0.3 is 34.6 Å². The number of pyridine rings is 1. The summed E-state index contributed by atoms with van der Waals surface area (Å²) in [6, 6.07) is 4.60. The monoisotopic (exact) mass is 794 g/mol. The van der Waals surface area contributed by atoms with E-state index in [0.717, 1.165) is 19.6 Å². The van der Waals surface area contributed by atoms with Crippen LogP contribution in [0.5, 0.6) is 5.75 Å². The summed E-state index contributed by atoms with van der Waals surface area (Å²) in [4.78, 5) is 67.1. The first kappa shape index (κ1) is 39.2. The molecule has 1 saturated heterocycles. The third-order valence-corrected chi connectivity index (χ3v) is 9.45. The van der Waals surface area contributed by atoms with Crippen molar-refractivity contribution in [1.82, 2.24) is 58.5 Å². The van der Waals surface area contributed by atoms with E-state index in [1.165, 1.54) is 24.9 Å². The molecule has 58 heavy (non-hydrogen) atoms. The van der Waals surface area contributed by atoms with Crippen molar-refractivity contribution < 1.29 is 28.7 Å². The van der Waals surface area contributed by atoms with Gasteiger partial charge in [0.25, 0.3) is 11.8 Å². The summed E-state index contributed by atoms with van der Waals surface area (Å²) in [7, 11) is 0. The van der Waals surface area contributed by atoms with Crippen LogP contribution >= 0.6 is 0 Å². The summed E-state index contributed by atoms with van der Waals surface area (Å²) < 4.78 is 18.3. The van der Waals surface area contributed by atoms with Gasteiger partial charge in [-0.3, -0.25) is 39.3 Å². The van der Waals surface area contributed by atoms with Gasteiger partial charge in [0.15, 0.2) is 5.65 Å². The number of primary amides is 2. The van der Waals surface area contributed by atoms with Crippen LogP contribution in [-0.2, 0) is 30.9 Å². The number of aryl methyl sites for hydroxylation is 2. The van der Waals surface area contributed by atoms with Crippen LogP contribution in [0.4, 0.5) is 11.9 Å². The summed E-state index contributed by atoms with van der Waals surface area (Å²) >= 11 is 0. The standard InChI is InChI=1S/C36H42N16O6/c1-3-49-20-40-46-31(49)33(55)44-35-42-24-16-22(28(37)53)18-26(58-13-7-8-48-11-14-57-15-12-48)27(24)51(35)9-5-6-10-52-30-25(17-23(19-39-30)29(38)54)43-36(52)45-34(56)32-47-41-21-50(32)4-2/h5-6,16-21H,3-4,7-15H2,1-2H3,(H2,37,53)(H2,38,54)(H,42,44,55)(H,43,45,56). The minimum Gasteiger partial charge on any atom is -0.491 e. The Morgan fingerprint density at radius 2 is 1.40 bits per heavy atom. The van der Waals surface area contributed by atoms with Crippen molar-refractivity contribution in [2.24, 2.45) is 11.5 Å². The lowest BCUT2D eigenvalue weighted by Crippen LogP contribution is -2.37. The quantitative estimate of drug-likeness (QED) is 0.0743. The van der Waals surface area contributed by atoms with Crippen molar-refractivity contribution in [3.63, 3.8) is 0 Å². The van der Waals surface area contributed by atoms with E-state index in [0.29, 0.717) is 67.3 Å². The number of anilines is 2. The molecule has 0 saturated carbocycles. The number of fused-ring (bicyclic) bond motifs is 2. The molecule has 0 radical (unpaired) electrons. The summed E-state index contributed by atoms with van der Waals surface area (Å²) in [5.74, 6) is -1.64. The van der Waals surface area contributed by atoms with Gasteiger partial charge in [-0.15, -0.1) is 20.4 Å². The summed E-state index contributed by atoms with van der Waals surface area (Å²) in [5.41, 5.74) is 13.1. The van der Waals surface area contributed by atoms with E-state index >= 15 is 0 Å². The van der Waals surface area contributed by atoms with Gasteiger partial charge in [0.05, 0.1) is 30.9 Å². The lowest BCUT2D eigenvalue weighted by atomic mass is 10.1. The number of nitrogens with two attached hydrogens (primary N) is 2. The third-order valence-electron chi connectivity index (χ3n) is 9.45. The van der Waals surface area contributed by atoms with E-state index in [-0.39, 0.29) is 47.8 Å². The van der Waals surface area contributed by atoms with E-state index < -0.39 is 23.6 Å². The Bertz CT molecular complexity index is 2510. The van der Waals surface area contributed by atoms with Crippen molar-refractivity contribution in [1.29, 1.82) is 0 Å². The molecule has 22 nitrogen and oxygen atoms in total. The average Bonchev–Trinajstić information content (AvgIpc) is 4.03. The zero-order valence-electron chi connectivity index (χ0n) is 31.9. The number of ether oxygens (including phenoxy) is 2. The van der Waals surface area contributed by atoms with Crippen molar-refractivity contribution in [3.05, 3.63) is 72.0 Å². The second-order valence-corrected chi connectivity index (χ2v) is 13.1. The predicted octanol–water partition coefficient (Wildman–Crippen LogP) is 1.06. The average molecular weight is 795 g/mol. The maximum Gasteiger partial charge on any atom is 0.295 e. The summed E-state index contributed by atoms with van der Waals surface area (Å²) in [5, 5.41) is 21.3. The topological polar surface area (TPSA) is 276 Å². The molecule has 0 aliphatic carbocycles. The highest BCUT2D eigenvalue weighted by Gasteiger charge is 2.23. The van der Waals surface area contributed by atoms with Crippen LogP contribution in [0.1, 0.15) is 62.2 Å². The van der Waals surface area contributed by atoms with Crippen LogP contribution in [0.25, 0.3) is 22.2 Å². The lowest BCUT2D eigenvalue weighted by Gasteiger charge is -2.26. The van der Waals surface area contributed by atoms with Crippen LogP contribution in [0.3, 0.4) is 0 Å². The van der Waals surface area contributed by atoms with E-state index in [1.807, 2.05) is 19.9 Å². The number of nitrogens with one attached hydrogen (secondary N) is 2. The molecule has 1 aliphatic heterocycles. The minimum atomic E-state index is -0.681. The Hall–Kier alpha value is -7.07. The predicted molar refractivity (Wildman–Crippen MR) is 208 cm³/mol.